The first-order valence-corrected chi connectivity index (χ1v) is 8.55. The second-order valence-corrected chi connectivity index (χ2v) is 7.72. The zero-order valence-corrected chi connectivity index (χ0v) is 15.2. The molecule has 1 unspecified atom stereocenters. The molecule has 1 aliphatic rings. The van der Waals surface area contributed by atoms with Gasteiger partial charge in [0.05, 0.1) is 10.6 Å². The van der Waals surface area contributed by atoms with E-state index in [0.29, 0.717) is 28.9 Å². The zero-order valence-electron chi connectivity index (χ0n) is 14.4. The van der Waals surface area contributed by atoms with Gasteiger partial charge < -0.3 is 16.0 Å². The molecule has 3 N–H and O–H groups in total. The molecule has 0 aromatic carbocycles. The van der Waals surface area contributed by atoms with Crippen LogP contribution < -0.4 is 16.0 Å². The smallest absolute Gasteiger partial charge is 0.250 e. The van der Waals surface area contributed by atoms with Gasteiger partial charge in [-0.25, -0.2) is 4.98 Å². The first-order chi connectivity index (χ1) is 11.2. The molecule has 6 nitrogen and oxygen atoms in total. The lowest BCUT2D eigenvalue weighted by Gasteiger charge is -2.34. The van der Waals surface area contributed by atoms with Gasteiger partial charge in [-0.2, -0.15) is 0 Å². The van der Waals surface area contributed by atoms with Crippen molar-refractivity contribution in [3.63, 3.8) is 0 Å². The summed E-state index contributed by atoms with van der Waals surface area (Å²) in [6.07, 6.45) is 3.51. The quantitative estimate of drug-likeness (QED) is 0.869. The summed E-state index contributed by atoms with van der Waals surface area (Å²) in [6.45, 7) is 7.97. The number of primary amides is 1. The Labute approximate surface area is 147 Å². The molecular formula is C17H25ClN4O2. The summed E-state index contributed by atoms with van der Waals surface area (Å²) in [7, 11) is 0. The predicted octanol–water partition coefficient (Wildman–Crippen LogP) is 2.21. The lowest BCUT2D eigenvalue weighted by atomic mass is 9.94. The maximum Gasteiger partial charge on any atom is 0.250 e. The molecule has 1 aromatic rings. The Morgan fingerprint density at radius 2 is 2.17 bits per heavy atom. The number of nitrogens with zero attached hydrogens (tertiary/aromatic N) is 2. The maximum atomic E-state index is 12.0. The summed E-state index contributed by atoms with van der Waals surface area (Å²) in [4.78, 5) is 29.6. The Morgan fingerprint density at radius 3 is 2.75 bits per heavy atom. The van der Waals surface area contributed by atoms with Crippen LogP contribution in [0.1, 0.15) is 44.0 Å². The van der Waals surface area contributed by atoms with E-state index in [2.05, 4.69) is 15.2 Å². The number of hydrogen-bond donors (Lipinski definition) is 2. The first kappa shape index (κ1) is 18.5. The summed E-state index contributed by atoms with van der Waals surface area (Å²) in [5.41, 5.74) is 5.16. The molecule has 0 aliphatic carbocycles. The van der Waals surface area contributed by atoms with E-state index in [-0.39, 0.29) is 11.3 Å². The summed E-state index contributed by atoms with van der Waals surface area (Å²) >= 11 is 6.26. The third-order valence-electron chi connectivity index (χ3n) is 4.16. The van der Waals surface area contributed by atoms with Gasteiger partial charge in [-0.1, -0.05) is 32.4 Å². The molecule has 0 spiro atoms. The van der Waals surface area contributed by atoms with Crippen molar-refractivity contribution in [2.75, 3.05) is 24.5 Å². The largest absolute Gasteiger partial charge is 0.366 e. The number of nitrogens with one attached hydrogen (secondary N) is 1. The second kappa shape index (κ2) is 7.38. The molecule has 2 rings (SSSR count). The molecular weight excluding hydrogens is 328 g/mol. The molecule has 132 valence electrons. The first-order valence-electron chi connectivity index (χ1n) is 8.17. The molecule has 0 bridgehead atoms. The molecule has 0 radical (unpaired) electrons. The lowest BCUT2D eigenvalue weighted by molar-refractivity contribution is -0.128. The SMILES string of the molecule is CC(C)(C)C(=O)NCC1CCCN(c2ncc(C(N)=O)cc2Cl)C1. The third kappa shape index (κ3) is 4.60. The van der Waals surface area contributed by atoms with E-state index in [1.165, 1.54) is 6.20 Å². The molecule has 7 heteroatoms. The lowest BCUT2D eigenvalue weighted by Crippen LogP contribution is -2.43. The highest BCUT2D eigenvalue weighted by Crippen LogP contribution is 2.28. The number of rotatable bonds is 4. The zero-order chi connectivity index (χ0) is 17.9. The van der Waals surface area contributed by atoms with E-state index in [0.717, 1.165) is 25.9 Å². The molecule has 24 heavy (non-hydrogen) atoms. The van der Waals surface area contributed by atoms with Crippen molar-refractivity contribution in [1.29, 1.82) is 0 Å². The molecule has 1 atom stereocenters. The molecule has 2 heterocycles. The number of piperidine rings is 1. The fourth-order valence-electron chi connectivity index (χ4n) is 2.72. The average Bonchev–Trinajstić information content (AvgIpc) is 2.51. The van der Waals surface area contributed by atoms with Crippen LogP contribution in [0, 0.1) is 11.3 Å². The molecule has 1 saturated heterocycles. The minimum absolute atomic E-state index is 0.0570. The monoisotopic (exact) mass is 352 g/mol. The van der Waals surface area contributed by atoms with Gasteiger partial charge in [-0.15, -0.1) is 0 Å². The minimum atomic E-state index is -0.544. The van der Waals surface area contributed by atoms with Gasteiger partial charge in [-0.05, 0) is 24.8 Å². The van der Waals surface area contributed by atoms with Crippen molar-refractivity contribution in [3.05, 3.63) is 22.8 Å². The normalized spacial score (nSPS) is 18.3. The third-order valence-corrected chi connectivity index (χ3v) is 4.44. The minimum Gasteiger partial charge on any atom is -0.366 e. The summed E-state index contributed by atoms with van der Waals surface area (Å²) in [5.74, 6) is 0.520. The van der Waals surface area contributed by atoms with Gasteiger partial charge in [0, 0.05) is 31.2 Å². The van der Waals surface area contributed by atoms with Crippen LogP contribution in [-0.4, -0.2) is 36.4 Å². The Balaban J connectivity index is 2.00. The van der Waals surface area contributed by atoms with E-state index >= 15 is 0 Å². The van der Waals surface area contributed by atoms with Crippen LogP contribution in [0.15, 0.2) is 12.3 Å². The van der Waals surface area contributed by atoms with E-state index in [4.69, 9.17) is 17.3 Å². The number of anilines is 1. The van der Waals surface area contributed by atoms with E-state index in [1.807, 2.05) is 20.8 Å². The number of carbonyl (C=O) groups is 2. The number of aromatic nitrogens is 1. The molecule has 1 fully saturated rings. The van der Waals surface area contributed by atoms with Crippen LogP contribution in [-0.2, 0) is 4.79 Å². The molecule has 0 saturated carbocycles. The number of hydrogen-bond acceptors (Lipinski definition) is 4. The highest BCUT2D eigenvalue weighted by Gasteiger charge is 2.26. The Morgan fingerprint density at radius 1 is 1.46 bits per heavy atom. The number of halogens is 1. The highest BCUT2D eigenvalue weighted by atomic mass is 35.5. The van der Waals surface area contributed by atoms with Crippen LogP contribution in [0.2, 0.25) is 5.02 Å². The van der Waals surface area contributed by atoms with Crippen LogP contribution in [0.4, 0.5) is 5.82 Å². The fourth-order valence-corrected chi connectivity index (χ4v) is 3.01. The number of nitrogens with two attached hydrogens (primary N) is 1. The van der Waals surface area contributed by atoms with Gasteiger partial charge >= 0.3 is 0 Å². The van der Waals surface area contributed by atoms with E-state index in [1.54, 1.807) is 6.07 Å². The van der Waals surface area contributed by atoms with Crippen molar-refractivity contribution < 1.29 is 9.59 Å². The number of carbonyl (C=O) groups excluding carboxylic acids is 2. The van der Waals surface area contributed by atoms with Gasteiger partial charge in [0.15, 0.2) is 0 Å². The summed E-state index contributed by atoms with van der Waals surface area (Å²) < 4.78 is 0. The van der Waals surface area contributed by atoms with Crippen molar-refractivity contribution in [2.45, 2.75) is 33.6 Å². The fraction of sp³-hybridized carbons (Fsp3) is 0.588. The Hall–Kier alpha value is -1.82. The van der Waals surface area contributed by atoms with Gasteiger partial charge in [0.25, 0.3) is 0 Å². The Kier molecular flexibility index (Phi) is 5.70. The number of pyridine rings is 1. The van der Waals surface area contributed by atoms with Crippen LogP contribution in [0.3, 0.4) is 0 Å². The van der Waals surface area contributed by atoms with E-state index in [9.17, 15) is 9.59 Å². The van der Waals surface area contributed by atoms with Gasteiger partial charge in [0.1, 0.15) is 5.82 Å². The predicted molar refractivity (Wildman–Crippen MR) is 95.2 cm³/mol. The second-order valence-electron chi connectivity index (χ2n) is 7.31. The van der Waals surface area contributed by atoms with Gasteiger partial charge in [0.2, 0.25) is 11.8 Å². The van der Waals surface area contributed by atoms with Crippen molar-refractivity contribution in [2.24, 2.45) is 17.1 Å². The maximum absolute atomic E-state index is 12.0. The molecule has 1 aliphatic heterocycles. The van der Waals surface area contributed by atoms with Crippen molar-refractivity contribution in [3.8, 4) is 0 Å². The van der Waals surface area contributed by atoms with Crippen LogP contribution in [0.25, 0.3) is 0 Å². The standard InChI is InChI=1S/C17H25ClN4O2/c1-17(2,3)16(24)21-8-11-5-4-6-22(10-11)15-13(18)7-12(9-20-15)14(19)23/h7,9,11H,4-6,8,10H2,1-3H3,(H2,19,23)(H,21,24). The van der Waals surface area contributed by atoms with Crippen molar-refractivity contribution >= 4 is 29.2 Å². The van der Waals surface area contributed by atoms with Gasteiger partial charge in [-0.3, -0.25) is 9.59 Å². The molecule has 1 aromatic heterocycles. The topological polar surface area (TPSA) is 88.3 Å². The number of amides is 2. The summed E-state index contributed by atoms with van der Waals surface area (Å²) in [6, 6.07) is 1.55. The molecule has 2 amide bonds. The van der Waals surface area contributed by atoms with Crippen LogP contribution in [0.5, 0.6) is 0 Å². The summed E-state index contributed by atoms with van der Waals surface area (Å²) in [5, 5.41) is 3.44. The van der Waals surface area contributed by atoms with E-state index < -0.39 is 5.91 Å². The highest BCUT2D eigenvalue weighted by molar-refractivity contribution is 6.33. The average molecular weight is 353 g/mol. The van der Waals surface area contributed by atoms with Crippen molar-refractivity contribution in [1.82, 2.24) is 10.3 Å². The Bertz CT molecular complexity index is 628. The van der Waals surface area contributed by atoms with Crippen LogP contribution >= 0.6 is 11.6 Å².